The van der Waals surface area contributed by atoms with Gasteiger partial charge in [-0.05, 0) is 30.3 Å². The number of hydrogen-bond donors (Lipinski definition) is 1. The smallest absolute Gasteiger partial charge is 0.255 e. The maximum Gasteiger partial charge on any atom is 0.255 e. The van der Waals surface area contributed by atoms with Crippen molar-refractivity contribution in [3.8, 4) is 0 Å². The van der Waals surface area contributed by atoms with Gasteiger partial charge in [0.2, 0.25) is 0 Å². The number of amides is 1. The summed E-state index contributed by atoms with van der Waals surface area (Å²) >= 11 is 12.3. The van der Waals surface area contributed by atoms with Gasteiger partial charge < -0.3 is 15.0 Å². The molecular formula is C17H16Cl2N2O2. The van der Waals surface area contributed by atoms with Crippen LogP contribution in [0.25, 0.3) is 0 Å². The molecule has 0 unspecified atom stereocenters. The van der Waals surface area contributed by atoms with E-state index in [2.05, 4.69) is 10.2 Å². The Morgan fingerprint density at radius 2 is 1.83 bits per heavy atom. The zero-order valence-corrected chi connectivity index (χ0v) is 13.9. The number of anilines is 2. The first-order valence-corrected chi connectivity index (χ1v) is 8.09. The Labute approximate surface area is 144 Å². The molecule has 4 nitrogen and oxygen atoms in total. The molecule has 0 aliphatic carbocycles. The lowest BCUT2D eigenvalue weighted by Crippen LogP contribution is -2.37. The first-order chi connectivity index (χ1) is 11.1. The lowest BCUT2D eigenvalue weighted by atomic mass is 10.2. The molecule has 2 aromatic rings. The van der Waals surface area contributed by atoms with Crippen LogP contribution in [-0.2, 0) is 4.74 Å². The van der Waals surface area contributed by atoms with E-state index < -0.39 is 0 Å². The molecule has 1 saturated heterocycles. The number of rotatable bonds is 3. The van der Waals surface area contributed by atoms with Crippen molar-refractivity contribution in [1.82, 2.24) is 0 Å². The van der Waals surface area contributed by atoms with Crippen molar-refractivity contribution in [2.45, 2.75) is 0 Å². The third-order valence-electron chi connectivity index (χ3n) is 3.65. The largest absolute Gasteiger partial charge is 0.378 e. The molecule has 0 aromatic heterocycles. The van der Waals surface area contributed by atoms with E-state index in [1.807, 2.05) is 18.2 Å². The first kappa shape index (κ1) is 16.1. The quantitative estimate of drug-likeness (QED) is 0.906. The standard InChI is InChI=1S/C17H16Cl2N2O2/c18-13-4-1-3-12(11-13)17(22)20-15-6-2-5-14(19)16(15)21-7-9-23-10-8-21/h1-6,11H,7-10H2,(H,20,22). The molecule has 1 aliphatic heterocycles. The predicted octanol–water partition coefficient (Wildman–Crippen LogP) is 4.08. The number of para-hydroxylation sites is 1. The fourth-order valence-electron chi connectivity index (χ4n) is 2.55. The molecule has 3 rings (SSSR count). The fraction of sp³-hybridized carbons (Fsp3) is 0.235. The van der Waals surface area contributed by atoms with Crippen molar-refractivity contribution in [3.63, 3.8) is 0 Å². The summed E-state index contributed by atoms with van der Waals surface area (Å²) in [5.41, 5.74) is 2.02. The molecule has 1 fully saturated rings. The van der Waals surface area contributed by atoms with Crippen molar-refractivity contribution < 1.29 is 9.53 Å². The van der Waals surface area contributed by atoms with E-state index in [-0.39, 0.29) is 5.91 Å². The van der Waals surface area contributed by atoms with Gasteiger partial charge in [-0.3, -0.25) is 4.79 Å². The molecule has 1 aliphatic rings. The molecule has 0 saturated carbocycles. The minimum absolute atomic E-state index is 0.218. The van der Waals surface area contributed by atoms with Crippen molar-refractivity contribution in [2.24, 2.45) is 0 Å². The second-order valence-corrected chi connectivity index (χ2v) is 6.04. The predicted molar refractivity (Wildman–Crippen MR) is 93.9 cm³/mol. The van der Waals surface area contributed by atoms with Gasteiger partial charge in [0, 0.05) is 23.7 Å². The molecular weight excluding hydrogens is 335 g/mol. The van der Waals surface area contributed by atoms with Gasteiger partial charge in [-0.1, -0.05) is 35.3 Å². The molecule has 6 heteroatoms. The van der Waals surface area contributed by atoms with E-state index in [1.54, 1.807) is 24.3 Å². The molecule has 0 spiro atoms. The number of halogens is 2. The van der Waals surface area contributed by atoms with Crippen molar-refractivity contribution in [1.29, 1.82) is 0 Å². The summed E-state index contributed by atoms with van der Waals surface area (Å²) in [6.45, 7) is 2.77. The summed E-state index contributed by atoms with van der Waals surface area (Å²) in [6, 6.07) is 12.3. The Balaban J connectivity index is 1.87. The summed E-state index contributed by atoms with van der Waals surface area (Å²) in [6.07, 6.45) is 0. The van der Waals surface area contributed by atoms with E-state index in [1.165, 1.54) is 0 Å². The highest BCUT2D eigenvalue weighted by Gasteiger charge is 2.19. The van der Waals surface area contributed by atoms with Gasteiger partial charge in [0.05, 0.1) is 29.6 Å². The molecule has 120 valence electrons. The number of ether oxygens (including phenoxy) is 1. The second-order valence-electron chi connectivity index (χ2n) is 5.20. The van der Waals surface area contributed by atoms with Gasteiger partial charge in [-0.25, -0.2) is 0 Å². The SMILES string of the molecule is O=C(Nc1cccc(Cl)c1N1CCOCC1)c1cccc(Cl)c1. The molecule has 23 heavy (non-hydrogen) atoms. The van der Waals surface area contributed by atoms with E-state index in [0.29, 0.717) is 34.5 Å². The summed E-state index contributed by atoms with van der Waals surface area (Å²) in [5.74, 6) is -0.218. The lowest BCUT2D eigenvalue weighted by molar-refractivity contribution is 0.102. The maximum atomic E-state index is 12.5. The van der Waals surface area contributed by atoms with Gasteiger partial charge in [0.25, 0.3) is 5.91 Å². The van der Waals surface area contributed by atoms with Gasteiger partial charge >= 0.3 is 0 Å². The summed E-state index contributed by atoms with van der Waals surface area (Å²) < 4.78 is 5.38. The Bertz CT molecular complexity index is 715. The van der Waals surface area contributed by atoms with E-state index >= 15 is 0 Å². The zero-order chi connectivity index (χ0) is 16.2. The highest BCUT2D eigenvalue weighted by atomic mass is 35.5. The van der Waals surface area contributed by atoms with Crippen LogP contribution >= 0.6 is 23.2 Å². The number of morpholine rings is 1. The molecule has 2 aromatic carbocycles. The van der Waals surface area contributed by atoms with E-state index in [4.69, 9.17) is 27.9 Å². The lowest BCUT2D eigenvalue weighted by Gasteiger charge is -2.31. The Morgan fingerprint density at radius 1 is 1.09 bits per heavy atom. The van der Waals surface area contributed by atoms with Gasteiger partial charge in [-0.2, -0.15) is 0 Å². The maximum absolute atomic E-state index is 12.5. The Kier molecular flexibility index (Phi) is 5.06. The minimum Gasteiger partial charge on any atom is -0.378 e. The summed E-state index contributed by atoms with van der Waals surface area (Å²) in [5, 5.41) is 4.06. The Hall–Kier alpha value is -1.75. The topological polar surface area (TPSA) is 41.6 Å². The molecule has 1 N–H and O–H groups in total. The Morgan fingerprint density at radius 3 is 2.57 bits per heavy atom. The normalized spacial score (nSPS) is 14.6. The molecule has 0 radical (unpaired) electrons. The van der Waals surface area contributed by atoms with Gasteiger partial charge in [0.1, 0.15) is 0 Å². The first-order valence-electron chi connectivity index (χ1n) is 7.33. The van der Waals surface area contributed by atoms with Crippen LogP contribution in [0.3, 0.4) is 0 Å². The van der Waals surface area contributed by atoms with E-state index in [9.17, 15) is 4.79 Å². The molecule has 1 amide bonds. The average molecular weight is 351 g/mol. The van der Waals surface area contributed by atoms with Crippen molar-refractivity contribution in [3.05, 3.63) is 58.1 Å². The number of carbonyl (C=O) groups excluding carboxylic acids is 1. The average Bonchev–Trinajstić information content (AvgIpc) is 2.56. The number of benzene rings is 2. The number of hydrogen-bond acceptors (Lipinski definition) is 3. The van der Waals surface area contributed by atoms with Gasteiger partial charge in [-0.15, -0.1) is 0 Å². The molecule has 1 heterocycles. The van der Waals surface area contributed by atoms with Crippen LogP contribution in [0, 0.1) is 0 Å². The van der Waals surface area contributed by atoms with Crippen LogP contribution in [0.1, 0.15) is 10.4 Å². The second kappa shape index (κ2) is 7.21. The van der Waals surface area contributed by atoms with Crippen LogP contribution in [0.5, 0.6) is 0 Å². The highest BCUT2D eigenvalue weighted by Crippen LogP contribution is 2.34. The van der Waals surface area contributed by atoms with Crippen LogP contribution in [0.2, 0.25) is 10.0 Å². The van der Waals surface area contributed by atoms with Gasteiger partial charge in [0.15, 0.2) is 0 Å². The number of nitrogens with zero attached hydrogens (tertiary/aromatic N) is 1. The number of nitrogens with one attached hydrogen (secondary N) is 1. The molecule has 0 atom stereocenters. The molecule has 0 bridgehead atoms. The zero-order valence-electron chi connectivity index (χ0n) is 12.4. The highest BCUT2D eigenvalue weighted by molar-refractivity contribution is 6.34. The van der Waals surface area contributed by atoms with E-state index in [0.717, 1.165) is 18.8 Å². The fourth-order valence-corrected chi connectivity index (χ4v) is 3.03. The minimum atomic E-state index is -0.218. The van der Waals surface area contributed by atoms with Crippen LogP contribution < -0.4 is 10.2 Å². The summed E-state index contributed by atoms with van der Waals surface area (Å²) in [7, 11) is 0. The number of carbonyl (C=O) groups is 1. The van der Waals surface area contributed by atoms with Crippen LogP contribution in [-0.4, -0.2) is 32.2 Å². The third-order valence-corrected chi connectivity index (χ3v) is 4.19. The van der Waals surface area contributed by atoms with Crippen molar-refractivity contribution in [2.75, 3.05) is 36.5 Å². The summed E-state index contributed by atoms with van der Waals surface area (Å²) in [4.78, 5) is 14.6. The van der Waals surface area contributed by atoms with Crippen molar-refractivity contribution >= 4 is 40.5 Å². The van der Waals surface area contributed by atoms with Crippen LogP contribution in [0.15, 0.2) is 42.5 Å². The monoisotopic (exact) mass is 350 g/mol. The third kappa shape index (κ3) is 3.78. The van der Waals surface area contributed by atoms with Crippen LogP contribution in [0.4, 0.5) is 11.4 Å².